The third kappa shape index (κ3) is 3.31. The van der Waals surface area contributed by atoms with Gasteiger partial charge in [-0.2, -0.15) is 0 Å². The van der Waals surface area contributed by atoms with E-state index in [1.807, 2.05) is 0 Å². The standard InChI is InChI=1S/C12H15F3N2O2S/c13-9-3-4-10(12(15)11(9)14)20(18,19)17-7-5-8-2-1-6-16-8/h3-4,8,16-17H,1-2,5-7H2/t8-/m0/s1. The van der Waals surface area contributed by atoms with Crippen molar-refractivity contribution in [3.05, 3.63) is 29.6 Å². The first-order chi connectivity index (χ1) is 9.42. The fourth-order valence-corrected chi connectivity index (χ4v) is 3.28. The van der Waals surface area contributed by atoms with Gasteiger partial charge in [-0.3, -0.25) is 0 Å². The minimum Gasteiger partial charge on any atom is -0.314 e. The molecule has 8 heteroatoms. The molecule has 0 aliphatic carbocycles. The highest BCUT2D eigenvalue weighted by Crippen LogP contribution is 2.19. The van der Waals surface area contributed by atoms with E-state index in [0.29, 0.717) is 18.6 Å². The first-order valence-corrected chi connectivity index (χ1v) is 7.76. The molecule has 0 radical (unpaired) electrons. The Hall–Kier alpha value is -1.12. The Morgan fingerprint density at radius 1 is 1.25 bits per heavy atom. The average molecular weight is 308 g/mol. The smallest absolute Gasteiger partial charge is 0.243 e. The summed E-state index contributed by atoms with van der Waals surface area (Å²) < 4.78 is 65.1. The van der Waals surface area contributed by atoms with E-state index in [4.69, 9.17) is 0 Å². The van der Waals surface area contributed by atoms with E-state index in [1.165, 1.54) is 0 Å². The summed E-state index contributed by atoms with van der Waals surface area (Å²) in [7, 11) is -4.18. The summed E-state index contributed by atoms with van der Waals surface area (Å²) in [6.45, 7) is 1.01. The van der Waals surface area contributed by atoms with E-state index in [0.717, 1.165) is 19.4 Å². The van der Waals surface area contributed by atoms with E-state index in [1.54, 1.807) is 0 Å². The second kappa shape index (κ2) is 6.11. The lowest BCUT2D eigenvalue weighted by molar-refractivity contribution is 0.431. The van der Waals surface area contributed by atoms with Crippen LogP contribution in [-0.2, 0) is 10.0 Å². The van der Waals surface area contributed by atoms with Crippen LogP contribution in [0.4, 0.5) is 13.2 Å². The Bertz CT molecular complexity index is 587. The van der Waals surface area contributed by atoms with Gasteiger partial charge in [0.2, 0.25) is 10.0 Å². The SMILES string of the molecule is O=S(=O)(NCC[C@@H]1CCCN1)c1ccc(F)c(F)c1F. The molecule has 1 fully saturated rings. The van der Waals surface area contributed by atoms with Crippen LogP contribution in [0.3, 0.4) is 0 Å². The molecule has 0 unspecified atom stereocenters. The predicted octanol–water partition coefficient (Wildman–Crippen LogP) is 1.52. The summed E-state index contributed by atoms with van der Waals surface area (Å²) in [6.07, 6.45) is 2.56. The molecule has 1 aromatic rings. The summed E-state index contributed by atoms with van der Waals surface area (Å²) in [5.74, 6) is -4.90. The van der Waals surface area contributed by atoms with Gasteiger partial charge in [0.25, 0.3) is 0 Å². The lowest BCUT2D eigenvalue weighted by atomic mass is 10.2. The van der Waals surface area contributed by atoms with Gasteiger partial charge < -0.3 is 5.32 Å². The Kier molecular flexibility index (Phi) is 4.66. The third-order valence-corrected chi connectivity index (χ3v) is 4.72. The van der Waals surface area contributed by atoms with Crippen molar-refractivity contribution < 1.29 is 21.6 Å². The molecule has 1 heterocycles. The zero-order chi connectivity index (χ0) is 14.8. The van der Waals surface area contributed by atoms with Gasteiger partial charge in [0.1, 0.15) is 4.90 Å². The molecule has 2 rings (SSSR count). The van der Waals surface area contributed by atoms with Gasteiger partial charge in [0, 0.05) is 12.6 Å². The molecule has 0 spiro atoms. The summed E-state index contributed by atoms with van der Waals surface area (Å²) in [5, 5.41) is 3.19. The van der Waals surface area contributed by atoms with Gasteiger partial charge in [-0.25, -0.2) is 26.3 Å². The quantitative estimate of drug-likeness (QED) is 0.811. The molecule has 2 N–H and O–H groups in total. The van der Waals surface area contributed by atoms with Gasteiger partial charge in [0.15, 0.2) is 17.5 Å². The van der Waals surface area contributed by atoms with Crippen LogP contribution in [0.2, 0.25) is 0 Å². The first-order valence-electron chi connectivity index (χ1n) is 6.28. The van der Waals surface area contributed by atoms with Crippen LogP contribution in [0.25, 0.3) is 0 Å². The van der Waals surface area contributed by atoms with Crippen LogP contribution in [-0.4, -0.2) is 27.5 Å². The highest BCUT2D eigenvalue weighted by Gasteiger charge is 2.24. The van der Waals surface area contributed by atoms with E-state index in [9.17, 15) is 21.6 Å². The van der Waals surface area contributed by atoms with Crippen LogP contribution in [0.5, 0.6) is 0 Å². The minimum absolute atomic E-state index is 0.110. The normalized spacial score (nSPS) is 19.4. The highest BCUT2D eigenvalue weighted by atomic mass is 32.2. The molecule has 0 amide bonds. The topological polar surface area (TPSA) is 58.2 Å². The Labute approximate surface area is 115 Å². The molecule has 1 atom stereocenters. The fourth-order valence-electron chi connectivity index (χ4n) is 2.16. The van der Waals surface area contributed by atoms with E-state index < -0.39 is 32.4 Å². The first kappa shape index (κ1) is 15.3. The number of rotatable bonds is 5. The van der Waals surface area contributed by atoms with E-state index in [2.05, 4.69) is 10.0 Å². The van der Waals surface area contributed by atoms with Gasteiger partial charge in [-0.15, -0.1) is 0 Å². The molecule has 1 aliphatic heterocycles. The lowest BCUT2D eigenvalue weighted by Gasteiger charge is -2.11. The number of hydrogen-bond donors (Lipinski definition) is 2. The number of sulfonamides is 1. The third-order valence-electron chi connectivity index (χ3n) is 3.24. The molecule has 20 heavy (non-hydrogen) atoms. The second-order valence-corrected chi connectivity index (χ2v) is 6.39. The molecular weight excluding hydrogens is 293 g/mol. The molecular formula is C12H15F3N2O2S. The monoisotopic (exact) mass is 308 g/mol. The molecule has 0 saturated carbocycles. The van der Waals surface area contributed by atoms with Gasteiger partial charge in [-0.1, -0.05) is 0 Å². The van der Waals surface area contributed by atoms with Crippen molar-refractivity contribution in [1.29, 1.82) is 0 Å². The maximum atomic E-state index is 13.4. The fraction of sp³-hybridized carbons (Fsp3) is 0.500. The minimum atomic E-state index is -4.18. The number of halogens is 3. The molecule has 4 nitrogen and oxygen atoms in total. The van der Waals surface area contributed by atoms with Gasteiger partial charge in [-0.05, 0) is 37.9 Å². The zero-order valence-corrected chi connectivity index (χ0v) is 11.4. The summed E-state index contributed by atoms with van der Waals surface area (Å²) in [6, 6.07) is 1.53. The van der Waals surface area contributed by atoms with Crippen LogP contribution in [0.1, 0.15) is 19.3 Å². The van der Waals surface area contributed by atoms with Crippen molar-refractivity contribution in [2.24, 2.45) is 0 Å². The lowest BCUT2D eigenvalue weighted by Crippen LogP contribution is -2.31. The van der Waals surface area contributed by atoms with Crippen molar-refractivity contribution >= 4 is 10.0 Å². The van der Waals surface area contributed by atoms with Crippen molar-refractivity contribution in [2.45, 2.75) is 30.2 Å². The Balaban J connectivity index is 2.04. The van der Waals surface area contributed by atoms with Crippen LogP contribution < -0.4 is 10.0 Å². The average Bonchev–Trinajstić information content (AvgIpc) is 2.88. The van der Waals surface area contributed by atoms with Crippen LogP contribution in [0.15, 0.2) is 17.0 Å². The number of benzene rings is 1. The molecule has 1 saturated heterocycles. The molecule has 112 valence electrons. The summed E-state index contributed by atoms with van der Waals surface area (Å²) >= 11 is 0. The highest BCUT2D eigenvalue weighted by molar-refractivity contribution is 7.89. The Morgan fingerprint density at radius 2 is 2.00 bits per heavy atom. The summed E-state index contributed by atoms with van der Waals surface area (Å²) in [4.78, 5) is -0.879. The molecule has 0 bridgehead atoms. The number of nitrogens with one attached hydrogen (secondary N) is 2. The largest absolute Gasteiger partial charge is 0.314 e. The van der Waals surface area contributed by atoms with Crippen molar-refractivity contribution in [3.63, 3.8) is 0 Å². The predicted molar refractivity (Wildman–Crippen MR) is 67.1 cm³/mol. The van der Waals surface area contributed by atoms with Gasteiger partial charge in [0.05, 0.1) is 0 Å². The van der Waals surface area contributed by atoms with Crippen molar-refractivity contribution in [3.8, 4) is 0 Å². The second-order valence-electron chi connectivity index (χ2n) is 4.65. The van der Waals surface area contributed by atoms with Crippen LogP contribution in [0, 0.1) is 17.5 Å². The summed E-state index contributed by atoms with van der Waals surface area (Å²) in [5.41, 5.74) is 0. The zero-order valence-electron chi connectivity index (χ0n) is 10.6. The van der Waals surface area contributed by atoms with Crippen molar-refractivity contribution in [1.82, 2.24) is 10.0 Å². The molecule has 1 aromatic carbocycles. The Morgan fingerprint density at radius 3 is 2.65 bits per heavy atom. The van der Waals surface area contributed by atoms with Crippen molar-refractivity contribution in [2.75, 3.05) is 13.1 Å². The van der Waals surface area contributed by atoms with E-state index in [-0.39, 0.29) is 12.6 Å². The van der Waals surface area contributed by atoms with Crippen LogP contribution >= 0.6 is 0 Å². The van der Waals surface area contributed by atoms with Gasteiger partial charge >= 0.3 is 0 Å². The number of hydrogen-bond acceptors (Lipinski definition) is 3. The molecule has 1 aliphatic rings. The molecule has 0 aromatic heterocycles. The maximum Gasteiger partial charge on any atom is 0.243 e. The maximum absolute atomic E-state index is 13.4. The van der Waals surface area contributed by atoms with E-state index >= 15 is 0 Å².